The summed E-state index contributed by atoms with van der Waals surface area (Å²) in [5.41, 5.74) is 1.67. The molecule has 1 amide bonds. The topological polar surface area (TPSA) is 110 Å². The second-order valence-corrected chi connectivity index (χ2v) is 5.55. The Morgan fingerprint density at radius 1 is 1.50 bits per heavy atom. The summed E-state index contributed by atoms with van der Waals surface area (Å²) in [6, 6.07) is 0. The van der Waals surface area contributed by atoms with Crippen molar-refractivity contribution < 1.29 is 27.4 Å². The van der Waals surface area contributed by atoms with Gasteiger partial charge in [0.2, 0.25) is 0 Å². The van der Waals surface area contributed by atoms with Gasteiger partial charge >= 0.3 is 5.97 Å². The zero-order valence-corrected chi connectivity index (χ0v) is 10.9. The summed E-state index contributed by atoms with van der Waals surface area (Å²) in [6.45, 7) is 5.95. The summed E-state index contributed by atoms with van der Waals surface area (Å²) >= 11 is 0. The second kappa shape index (κ2) is 6.31. The number of aliphatic carboxylic acids is 1. The molecule has 1 atom stereocenters. The molecule has 0 radical (unpaired) electrons. The van der Waals surface area contributed by atoms with E-state index < -0.39 is 26.7 Å². The molecule has 0 heterocycles. The molecule has 0 saturated carbocycles. The summed E-state index contributed by atoms with van der Waals surface area (Å²) in [5, 5.41) is 8.49. The summed E-state index contributed by atoms with van der Waals surface area (Å²) in [6.07, 6.45) is 2.61. The van der Waals surface area contributed by atoms with E-state index in [2.05, 4.69) is 10.9 Å². The number of hydrogen-bond acceptors (Lipinski definition) is 5. The minimum atomic E-state index is -4.20. The second-order valence-electron chi connectivity index (χ2n) is 3.55. The number of carboxylic acid groups (broad SMARTS) is 1. The van der Waals surface area contributed by atoms with Gasteiger partial charge in [-0.3, -0.25) is 4.79 Å². The largest absolute Gasteiger partial charge is 0.478 e. The van der Waals surface area contributed by atoms with E-state index in [1.807, 2.05) is 0 Å². The van der Waals surface area contributed by atoms with Crippen molar-refractivity contribution >= 4 is 22.0 Å². The average molecular weight is 277 g/mol. The van der Waals surface area contributed by atoms with Crippen LogP contribution in [0.15, 0.2) is 24.8 Å². The molecule has 0 spiro atoms. The van der Waals surface area contributed by atoms with Crippen LogP contribution in [0.5, 0.6) is 0 Å². The average Bonchev–Trinajstić information content (AvgIpc) is 2.32. The smallest absolute Gasteiger partial charge is 0.328 e. The summed E-state index contributed by atoms with van der Waals surface area (Å²) in [5.74, 6) is -2.10. The van der Waals surface area contributed by atoms with Gasteiger partial charge in [-0.2, -0.15) is 8.42 Å². The van der Waals surface area contributed by atoms with Crippen LogP contribution in [0.2, 0.25) is 0 Å². The van der Waals surface area contributed by atoms with Gasteiger partial charge in [-0.05, 0) is 19.4 Å². The molecule has 102 valence electrons. The molecule has 0 aromatic rings. The van der Waals surface area contributed by atoms with Crippen molar-refractivity contribution in [3.63, 3.8) is 0 Å². The van der Waals surface area contributed by atoms with Crippen molar-refractivity contribution in [3.05, 3.63) is 24.8 Å². The Hall–Kier alpha value is -1.67. The first-order valence-corrected chi connectivity index (χ1v) is 6.37. The van der Waals surface area contributed by atoms with Crippen LogP contribution in [-0.4, -0.2) is 30.1 Å². The van der Waals surface area contributed by atoms with E-state index in [1.165, 1.54) is 6.92 Å². The van der Waals surface area contributed by atoms with E-state index in [9.17, 15) is 18.0 Å². The molecule has 0 aliphatic rings. The van der Waals surface area contributed by atoms with Crippen molar-refractivity contribution in [2.24, 2.45) is 0 Å². The Kier molecular flexibility index (Phi) is 5.73. The van der Waals surface area contributed by atoms with Crippen LogP contribution in [0.25, 0.3) is 0 Å². The molecule has 0 aromatic carbocycles. The normalized spacial score (nSPS) is 15.0. The fourth-order valence-corrected chi connectivity index (χ4v) is 1.83. The monoisotopic (exact) mass is 277 g/mol. The third kappa shape index (κ3) is 4.30. The van der Waals surface area contributed by atoms with Gasteiger partial charge in [-0.25, -0.2) is 10.3 Å². The van der Waals surface area contributed by atoms with E-state index in [0.29, 0.717) is 6.08 Å². The molecular weight excluding hydrogens is 262 g/mol. The number of hydrogen-bond donors (Lipinski definition) is 2. The molecule has 2 N–H and O–H groups in total. The van der Waals surface area contributed by atoms with Gasteiger partial charge in [0.25, 0.3) is 16.0 Å². The van der Waals surface area contributed by atoms with Gasteiger partial charge in [0.15, 0.2) is 0 Å². The van der Waals surface area contributed by atoms with E-state index in [0.717, 1.165) is 12.2 Å². The van der Waals surface area contributed by atoms with Crippen molar-refractivity contribution in [3.8, 4) is 0 Å². The highest BCUT2D eigenvalue weighted by Crippen LogP contribution is 2.24. The maximum atomic E-state index is 11.8. The Morgan fingerprint density at radius 2 is 2.06 bits per heavy atom. The standard InChI is InChI=1S/C10H15NO6S/c1-4-8(12)11-17-18(15,16)10(3,5-2)7-6-9(13)14/h4,6-7H,1,5H2,2-3H3,(H,11,12)(H,13,14). The van der Waals surface area contributed by atoms with Crippen LogP contribution in [0.4, 0.5) is 0 Å². The fourth-order valence-electron chi connectivity index (χ4n) is 0.858. The van der Waals surface area contributed by atoms with Crippen LogP contribution >= 0.6 is 0 Å². The lowest BCUT2D eigenvalue weighted by molar-refractivity contribution is -0.131. The maximum absolute atomic E-state index is 11.8. The van der Waals surface area contributed by atoms with Crippen molar-refractivity contribution in [2.45, 2.75) is 25.0 Å². The lowest BCUT2D eigenvalue weighted by Gasteiger charge is -2.22. The predicted octanol–water partition coefficient (Wildman–Crippen LogP) is 0.359. The van der Waals surface area contributed by atoms with Crippen molar-refractivity contribution in [1.29, 1.82) is 0 Å². The fraction of sp³-hybridized carbons (Fsp3) is 0.400. The molecule has 18 heavy (non-hydrogen) atoms. The highest BCUT2D eigenvalue weighted by Gasteiger charge is 2.37. The maximum Gasteiger partial charge on any atom is 0.328 e. The molecule has 0 aromatic heterocycles. The van der Waals surface area contributed by atoms with E-state index in [1.54, 1.807) is 12.4 Å². The lowest BCUT2D eigenvalue weighted by atomic mass is 10.1. The Balaban J connectivity index is 5.07. The van der Waals surface area contributed by atoms with E-state index in [4.69, 9.17) is 5.11 Å². The first-order chi connectivity index (χ1) is 8.18. The third-order valence-corrected chi connectivity index (χ3v) is 4.16. The zero-order valence-electron chi connectivity index (χ0n) is 10.0. The molecule has 0 aliphatic carbocycles. The molecule has 0 rings (SSSR count). The van der Waals surface area contributed by atoms with Gasteiger partial charge in [0, 0.05) is 6.08 Å². The molecule has 1 unspecified atom stereocenters. The van der Waals surface area contributed by atoms with Crippen LogP contribution in [0.3, 0.4) is 0 Å². The molecular formula is C10H15NO6S. The number of carbonyl (C=O) groups is 2. The summed E-state index contributed by atoms with van der Waals surface area (Å²) in [4.78, 5) is 21.2. The SMILES string of the molecule is C=CC(=O)NOS(=O)(=O)C(C)(C=CC(=O)O)CC. The van der Waals surface area contributed by atoms with Gasteiger partial charge in [0.05, 0.1) is 0 Å². The zero-order chi connectivity index (χ0) is 14.4. The first-order valence-electron chi connectivity index (χ1n) is 4.96. The van der Waals surface area contributed by atoms with Crippen LogP contribution in [0, 0.1) is 0 Å². The molecule has 0 saturated heterocycles. The Labute approximate surface area is 105 Å². The predicted molar refractivity (Wildman–Crippen MR) is 63.8 cm³/mol. The molecule has 0 bridgehead atoms. The number of rotatable bonds is 7. The van der Waals surface area contributed by atoms with Crippen LogP contribution < -0.4 is 5.48 Å². The third-order valence-electron chi connectivity index (χ3n) is 2.29. The quantitative estimate of drug-likeness (QED) is 0.513. The Morgan fingerprint density at radius 3 is 2.44 bits per heavy atom. The highest BCUT2D eigenvalue weighted by atomic mass is 32.2. The molecule has 8 heteroatoms. The highest BCUT2D eigenvalue weighted by molar-refractivity contribution is 7.88. The molecule has 7 nitrogen and oxygen atoms in total. The first kappa shape index (κ1) is 16.3. The van der Waals surface area contributed by atoms with Crippen molar-refractivity contribution in [2.75, 3.05) is 0 Å². The van der Waals surface area contributed by atoms with Gasteiger partial charge in [0.1, 0.15) is 4.75 Å². The lowest BCUT2D eigenvalue weighted by Crippen LogP contribution is -2.39. The van der Waals surface area contributed by atoms with Gasteiger partial charge in [-0.1, -0.05) is 19.6 Å². The van der Waals surface area contributed by atoms with Crippen LogP contribution in [0.1, 0.15) is 20.3 Å². The number of carboxylic acids is 1. The van der Waals surface area contributed by atoms with E-state index >= 15 is 0 Å². The van der Waals surface area contributed by atoms with Gasteiger partial charge in [-0.15, -0.1) is 4.28 Å². The molecule has 0 fully saturated rings. The number of carbonyl (C=O) groups excluding carboxylic acids is 1. The van der Waals surface area contributed by atoms with Gasteiger partial charge < -0.3 is 5.11 Å². The number of hydroxylamine groups is 1. The summed E-state index contributed by atoms with van der Waals surface area (Å²) < 4.78 is 26.4. The summed E-state index contributed by atoms with van der Waals surface area (Å²) in [7, 11) is -4.20. The van der Waals surface area contributed by atoms with Crippen molar-refractivity contribution in [1.82, 2.24) is 5.48 Å². The molecule has 0 aliphatic heterocycles. The number of nitrogens with one attached hydrogen (secondary N) is 1. The Bertz CT molecular complexity index is 467. The minimum absolute atomic E-state index is 0.0725. The van der Waals surface area contributed by atoms with Crippen LogP contribution in [-0.2, 0) is 24.0 Å². The number of amides is 1. The minimum Gasteiger partial charge on any atom is -0.478 e. The van der Waals surface area contributed by atoms with E-state index in [-0.39, 0.29) is 6.42 Å².